The number of sulfonamides is 1. The molecule has 0 bridgehead atoms. The van der Waals surface area contributed by atoms with Gasteiger partial charge in [-0.05, 0) is 37.1 Å². The van der Waals surface area contributed by atoms with Crippen LogP contribution >= 0.6 is 12.4 Å². The van der Waals surface area contributed by atoms with Crippen LogP contribution in [0.25, 0.3) is 0 Å². The van der Waals surface area contributed by atoms with Crippen molar-refractivity contribution in [2.45, 2.75) is 30.2 Å². The molecule has 1 aliphatic heterocycles. The molecule has 3 N–H and O–H groups in total. The maximum Gasteiger partial charge on any atom is 0.240 e. The zero-order valence-electron chi connectivity index (χ0n) is 12.6. The Labute approximate surface area is 141 Å². The van der Waals surface area contributed by atoms with Gasteiger partial charge in [0.25, 0.3) is 0 Å². The Kier molecular flexibility index (Phi) is 7.40. The molecule has 2 rings (SSSR count). The monoisotopic (exact) mass is 365 g/mol. The molecule has 1 aromatic carbocycles. The smallest absolute Gasteiger partial charge is 0.240 e. The summed E-state index contributed by atoms with van der Waals surface area (Å²) in [6.45, 7) is 1.33. The van der Waals surface area contributed by atoms with Gasteiger partial charge in [0.05, 0.1) is 4.90 Å². The molecule has 0 aromatic heterocycles. The molecule has 1 aromatic rings. The normalized spacial score (nSPS) is 16.0. The zero-order valence-corrected chi connectivity index (χ0v) is 14.2. The zero-order chi connectivity index (χ0) is 16.2. The maximum atomic E-state index is 12.9. The van der Waals surface area contributed by atoms with Crippen molar-refractivity contribution in [1.82, 2.24) is 9.62 Å². The van der Waals surface area contributed by atoms with E-state index in [9.17, 15) is 17.6 Å². The quantitative estimate of drug-likeness (QED) is 0.809. The van der Waals surface area contributed by atoms with Crippen molar-refractivity contribution in [1.29, 1.82) is 0 Å². The lowest BCUT2D eigenvalue weighted by molar-refractivity contribution is -0.132. The summed E-state index contributed by atoms with van der Waals surface area (Å²) >= 11 is 0. The summed E-state index contributed by atoms with van der Waals surface area (Å²) in [5, 5.41) is 0. The third-order valence-corrected chi connectivity index (χ3v) is 5.19. The van der Waals surface area contributed by atoms with Crippen LogP contribution in [0.15, 0.2) is 29.2 Å². The average molecular weight is 366 g/mol. The fourth-order valence-electron chi connectivity index (χ4n) is 2.43. The number of amides is 1. The molecule has 0 atom stereocenters. The van der Waals surface area contributed by atoms with Crippen molar-refractivity contribution in [3.63, 3.8) is 0 Å². The average Bonchev–Trinajstić information content (AvgIpc) is 2.48. The Bertz CT molecular complexity index is 617. The van der Waals surface area contributed by atoms with Gasteiger partial charge in [-0.25, -0.2) is 17.5 Å². The van der Waals surface area contributed by atoms with E-state index in [2.05, 4.69) is 4.72 Å². The number of carbonyl (C=O) groups excluding carboxylic acids is 1. The van der Waals surface area contributed by atoms with E-state index >= 15 is 0 Å². The van der Waals surface area contributed by atoms with Crippen LogP contribution in [0.5, 0.6) is 0 Å². The first-order valence-electron chi connectivity index (χ1n) is 7.18. The molecule has 1 fully saturated rings. The van der Waals surface area contributed by atoms with E-state index in [1.165, 1.54) is 12.1 Å². The molecule has 0 saturated carbocycles. The number of piperidine rings is 1. The van der Waals surface area contributed by atoms with Crippen molar-refractivity contribution in [3.05, 3.63) is 30.1 Å². The van der Waals surface area contributed by atoms with Crippen LogP contribution in [-0.2, 0) is 14.8 Å². The Hall–Kier alpha value is -1.22. The Balaban J connectivity index is 0.00000264. The van der Waals surface area contributed by atoms with Gasteiger partial charge >= 0.3 is 0 Å². The number of hydrogen-bond donors (Lipinski definition) is 2. The minimum atomic E-state index is -3.66. The number of nitrogens with one attached hydrogen (secondary N) is 1. The molecule has 0 radical (unpaired) electrons. The summed E-state index contributed by atoms with van der Waals surface area (Å²) in [6.07, 6.45) is 1.42. The van der Waals surface area contributed by atoms with Crippen LogP contribution in [0.1, 0.15) is 19.3 Å². The second-order valence-corrected chi connectivity index (χ2v) is 6.98. The van der Waals surface area contributed by atoms with Gasteiger partial charge in [-0.15, -0.1) is 12.4 Å². The molecule has 0 aliphatic carbocycles. The molecule has 6 nitrogen and oxygen atoms in total. The van der Waals surface area contributed by atoms with Gasteiger partial charge in [0.2, 0.25) is 15.9 Å². The fourth-order valence-corrected chi connectivity index (χ4v) is 3.73. The second kappa shape index (κ2) is 8.58. The molecule has 9 heteroatoms. The molecule has 0 spiro atoms. The van der Waals surface area contributed by atoms with Gasteiger partial charge in [-0.3, -0.25) is 4.79 Å². The third kappa shape index (κ3) is 5.42. The summed E-state index contributed by atoms with van der Waals surface area (Å²) in [6, 6.07) is 4.47. The van der Waals surface area contributed by atoms with E-state index in [0.717, 1.165) is 12.1 Å². The maximum absolute atomic E-state index is 12.9. The summed E-state index contributed by atoms with van der Waals surface area (Å²) in [5.41, 5.74) is 5.36. The Morgan fingerprint density at radius 2 is 1.83 bits per heavy atom. The predicted octanol–water partition coefficient (Wildman–Crippen LogP) is 0.866. The summed E-state index contributed by atoms with van der Waals surface area (Å²) in [4.78, 5) is 13.5. The topological polar surface area (TPSA) is 92.5 Å². The number of likely N-dealkylation sites (tertiary alicyclic amines) is 1. The molecule has 1 aliphatic rings. The van der Waals surface area contributed by atoms with Gasteiger partial charge in [0.1, 0.15) is 5.82 Å². The van der Waals surface area contributed by atoms with E-state index < -0.39 is 15.8 Å². The van der Waals surface area contributed by atoms with Crippen molar-refractivity contribution in [2.24, 2.45) is 5.73 Å². The van der Waals surface area contributed by atoms with Crippen molar-refractivity contribution in [3.8, 4) is 0 Å². The van der Waals surface area contributed by atoms with E-state index in [0.29, 0.717) is 38.9 Å². The number of nitrogens with two attached hydrogens (primary N) is 1. The minimum absolute atomic E-state index is 0. The molecule has 23 heavy (non-hydrogen) atoms. The van der Waals surface area contributed by atoms with Crippen molar-refractivity contribution in [2.75, 3.05) is 19.6 Å². The van der Waals surface area contributed by atoms with Crippen LogP contribution < -0.4 is 10.5 Å². The number of carbonyl (C=O) groups is 1. The van der Waals surface area contributed by atoms with E-state index in [-0.39, 0.29) is 29.3 Å². The number of rotatable bonds is 5. The molecule has 1 saturated heterocycles. The SMILES string of the molecule is Cl.NCCC(=O)N1CCC(NS(=O)(=O)c2ccc(F)cc2)CC1. The molecule has 0 unspecified atom stereocenters. The summed E-state index contributed by atoms with van der Waals surface area (Å²) in [5.74, 6) is -0.479. The minimum Gasteiger partial charge on any atom is -0.343 e. The largest absolute Gasteiger partial charge is 0.343 e. The van der Waals surface area contributed by atoms with Gasteiger partial charge < -0.3 is 10.6 Å². The second-order valence-electron chi connectivity index (χ2n) is 5.27. The van der Waals surface area contributed by atoms with Gasteiger partial charge in [0.15, 0.2) is 0 Å². The number of hydrogen-bond acceptors (Lipinski definition) is 4. The van der Waals surface area contributed by atoms with Crippen LogP contribution in [0.3, 0.4) is 0 Å². The predicted molar refractivity (Wildman–Crippen MR) is 87.2 cm³/mol. The van der Waals surface area contributed by atoms with Crippen molar-refractivity contribution >= 4 is 28.3 Å². The Morgan fingerprint density at radius 3 is 2.35 bits per heavy atom. The standard InChI is InChI=1S/C14H20FN3O3S.ClH/c15-11-1-3-13(4-2-11)22(20,21)17-12-6-9-18(10-7-12)14(19)5-8-16;/h1-4,12,17H,5-10,16H2;1H. The lowest BCUT2D eigenvalue weighted by Gasteiger charge is -2.32. The summed E-state index contributed by atoms with van der Waals surface area (Å²) in [7, 11) is -3.66. The number of benzene rings is 1. The van der Waals surface area contributed by atoms with Crippen LogP contribution in [0, 0.1) is 5.82 Å². The van der Waals surface area contributed by atoms with Gasteiger partial charge in [-0.1, -0.05) is 0 Å². The fraction of sp³-hybridized carbons (Fsp3) is 0.500. The lowest BCUT2D eigenvalue weighted by atomic mass is 10.1. The molecule has 1 heterocycles. The van der Waals surface area contributed by atoms with Crippen molar-refractivity contribution < 1.29 is 17.6 Å². The lowest BCUT2D eigenvalue weighted by Crippen LogP contribution is -2.46. The third-order valence-electron chi connectivity index (χ3n) is 3.65. The highest BCUT2D eigenvalue weighted by molar-refractivity contribution is 7.89. The van der Waals surface area contributed by atoms with Gasteiger partial charge in [-0.2, -0.15) is 0 Å². The highest BCUT2D eigenvalue weighted by atomic mass is 35.5. The summed E-state index contributed by atoms with van der Waals surface area (Å²) < 4.78 is 39.9. The first-order valence-corrected chi connectivity index (χ1v) is 8.66. The number of nitrogens with zero attached hydrogens (tertiary/aromatic N) is 1. The highest BCUT2D eigenvalue weighted by Crippen LogP contribution is 2.16. The van der Waals surface area contributed by atoms with E-state index in [4.69, 9.17) is 5.73 Å². The highest BCUT2D eigenvalue weighted by Gasteiger charge is 2.26. The molecule has 1 amide bonds. The first-order chi connectivity index (χ1) is 10.4. The van der Waals surface area contributed by atoms with Crippen LogP contribution in [0.2, 0.25) is 0 Å². The molecular formula is C14H21ClFN3O3S. The number of halogens is 2. The molecular weight excluding hydrogens is 345 g/mol. The van der Waals surface area contributed by atoms with E-state index in [1.54, 1.807) is 4.90 Å². The van der Waals surface area contributed by atoms with Gasteiger partial charge in [0, 0.05) is 32.1 Å². The van der Waals surface area contributed by atoms with E-state index in [1.807, 2.05) is 0 Å². The van der Waals surface area contributed by atoms with Crippen LogP contribution in [-0.4, -0.2) is 44.9 Å². The first kappa shape index (κ1) is 19.8. The molecule has 130 valence electrons. The Morgan fingerprint density at radius 1 is 1.26 bits per heavy atom. The van der Waals surface area contributed by atoms with Crippen LogP contribution in [0.4, 0.5) is 4.39 Å².